The van der Waals surface area contributed by atoms with Gasteiger partial charge in [-0.2, -0.15) is 17.6 Å². The number of urea groups is 1. The molecular weight excluding hydrogens is 350 g/mol. The van der Waals surface area contributed by atoms with Crippen LogP contribution in [-0.4, -0.2) is 29.6 Å². The maximum Gasteiger partial charge on any atom is 0.461 e. The van der Waals surface area contributed by atoms with Crippen molar-refractivity contribution in [3.8, 4) is 5.75 Å². The zero-order valence-corrected chi connectivity index (χ0v) is 12.6. The van der Waals surface area contributed by atoms with Crippen LogP contribution in [0.15, 0.2) is 34.9 Å². The molecule has 0 saturated heterocycles. The Morgan fingerprint density at radius 2 is 2.00 bits per heavy atom. The standard InChI is InChI=1S/C14H11F4N3O4/c1-7-5-10(21-25-7)19-13(23)20-11(22)8-3-2-4-9(6-8)24-14(17,18)12(15)16/h2-6,12H,1H3,(H2,19,20,21,22,23). The van der Waals surface area contributed by atoms with Crippen LogP contribution >= 0.6 is 0 Å². The summed E-state index contributed by atoms with van der Waals surface area (Å²) in [6.45, 7) is 1.59. The number of carbonyl (C=O) groups is 2. The summed E-state index contributed by atoms with van der Waals surface area (Å²) in [5, 5.41) is 7.58. The van der Waals surface area contributed by atoms with Crippen molar-refractivity contribution in [1.29, 1.82) is 0 Å². The summed E-state index contributed by atoms with van der Waals surface area (Å²) in [5.74, 6) is -1.16. The quantitative estimate of drug-likeness (QED) is 0.798. The summed E-state index contributed by atoms with van der Waals surface area (Å²) in [4.78, 5) is 23.5. The van der Waals surface area contributed by atoms with Gasteiger partial charge in [-0.05, 0) is 25.1 Å². The van der Waals surface area contributed by atoms with Crippen molar-refractivity contribution in [1.82, 2.24) is 10.5 Å². The molecule has 0 unspecified atom stereocenters. The number of halogens is 4. The lowest BCUT2D eigenvalue weighted by Crippen LogP contribution is -2.35. The van der Waals surface area contributed by atoms with Gasteiger partial charge in [0.05, 0.1) is 0 Å². The van der Waals surface area contributed by atoms with Gasteiger partial charge in [-0.3, -0.25) is 15.4 Å². The number of imide groups is 1. The molecule has 2 rings (SSSR count). The normalized spacial score (nSPS) is 11.3. The average Bonchev–Trinajstić information content (AvgIpc) is 2.91. The fourth-order valence-electron chi connectivity index (χ4n) is 1.65. The first-order valence-corrected chi connectivity index (χ1v) is 6.68. The molecule has 0 aliphatic rings. The molecule has 134 valence electrons. The minimum Gasteiger partial charge on any atom is -0.428 e. The van der Waals surface area contributed by atoms with E-state index in [1.165, 1.54) is 12.1 Å². The summed E-state index contributed by atoms with van der Waals surface area (Å²) in [5.41, 5.74) is -0.256. The van der Waals surface area contributed by atoms with Crippen LogP contribution in [-0.2, 0) is 0 Å². The van der Waals surface area contributed by atoms with Crippen LogP contribution in [0.2, 0.25) is 0 Å². The third-order valence-corrected chi connectivity index (χ3v) is 2.70. The Balaban J connectivity index is 2.02. The molecule has 0 radical (unpaired) electrons. The van der Waals surface area contributed by atoms with Crippen molar-refractivity contribution in [3.05, 3.63) is 41.7 Å². The highest BCUT2D eigenvalue weighted by molar-refractivity contribution is 6.07. The number of nitrogens with one attached hydrogen (secondary N) is 2. The number of aryl methyl sites for hydroxylation is 1. The van der Waals surface area contributed by atoms with E-state index in [1.54, 1.807) is 6.92 Å². The number of hydrogen-bond donors (Lipinski definition) is 2. The van der Waals surface area contributed by atoms with Gasteiger partial charge < -0.3 is 9.26 Å². The topological polar surface area (TPSA) is 93.5 Å². The molecule has 0 spiro atoms. The zero-order chi connectivity index (χ0) is 18.6. The van der Waals surface area contributed by atoms with Gasteiger partial charge in [-0.25, -0.2) is 4.79 Å². The van der Waals surface area contributed by atoms with Crippen LogP contribution in [0.3, 0.4) is 0 Å². The molecular formula is C14H11F4N3O4. The Morgan fingerprint density at radius 3 is 2.60 bits per heavy atom. The number of carbonyl (C=O) groups excluding carboxylic acids is 2. The average molecular weight is 361 g/mol. The number of benzene rings is 1. The lowest BCUT2D eigenvalue weighted by molar-refractivity contribution is -0.253. The third kappa shape index (κ3) is 4.93. The van der Waals surface area contributed by atoms with Crippen LogP contribution in [0.25, 0.3) is 0 Å². The minimum atomic E-state index is -4.71. The second kappa shape index (κ2) is 7.20. The SMILES string of the molecule is Cc1cc(NC(=O)NC(=O)c2cccc(OC(F)(F)C(F)F)c2)no1. The molecule has 0 fully saturated rings. The predicted molar refractivity (Wildman–Crippen MR) is 75.7 cm³/mol. The molecule has 1 aromatic heterocycles. The third-order valence-electron chi connectivity index (χ3n) is 2.70. The summed E-state index contributed by atoms with van der Waals surface area (Å²) < 4.78 is 58.5. The van der Waals surface area contributed by atoms with Crippen LogP contribution in [0.4, 0.5) is 28.2 Å². The second-order valence-corrected chi connectivity index (χ2v) is 4.72. The van der Waals surface area contributed by atoms with Gasteiger partial charge in [0.1, 0.15) is 11.5 Å². The van der Waals surface area contributed by atoms with Crippen molar-refractivity contribution in [3.63, 3.8) is 0 Å². The van der Waals surface area contributed by atoms with Gasteiger partial charge in [0.25, 0.3) is 5.91 Å². The summed E-state index contributed by atoms with van der Waals surface area (Å²) in [6.07, 6.45) is -8.75. The Labute approximate surface area is 137 Å². The summed E-state index contributed by atoms with van der Waals surface area (Å²) in [7, 11) is 0. The highest BCUT2D eigenvalue weighted by Crippen LogP contribution is 2.27. The number of anilines is 1. The second-order valence-electron chi connectivity index (χ2n) is 4.72. The van der Waals surface area contributed by atoms with E-state index in [9.17, 15) is 27.2 Å². The monoisotopic (exact) mass is 361 g/mol. The number of alkyl halides is 4. The molecule has 3 amide bonds. The maximum atomic E-state index is 12.9. The molecule has 11 heteroatoms. The highest BCUT2D eigenvalue weighted by Gasteiger charge is 2.44. The molecule has 1 heterocycles. The first-order chi connectivity index (χ1) is 11.7. The Morgan fingerprint density at radius 1 is 1.28 bits per heavy atom. The van der Waals surface area contributed by atoms with Crippen LogP contribution in [0, 0.1) is 6.92 Å². The largest absolute Gasteiger partial charge is 0.461 e. The molecule has 0 atom stereocenters. The summed E-state index contributed by atoms with van der Waals surface area (Å²) in [6, 6.07) is 4.50. The molecule has 7 nitrogen and oxygen atoms in total. The molecule has 0 saturated carbocycles. The number of rotatable bonds is 5. The van der Waals surface area contributed by atoms with Gasteiger partial charge in [0.2, 0.25) is 0 Å². The van der Waals surface area contributed by atoms with Gasteiger partial charge in [0, 0.05) is 11.6 Å². The lowest BCUT2D eigenvalue weighted by Gasteiger charge is -2.17. The highest BCUT2D eigenvalue weighted by atomic mass is 19.3. The van der Waals surface area contributed by atoms with Crippen molar-refractivity contribution in [2.45, 2.75) is 19.5 Å². The number of hydrogen-bond acceptors (Lipinski definition) is 5. The molecule has 2 aromatic rings. The zero-order valence-electron chi connectivity index (χ0n) is 12.6. The van der Waals surface area contributed by atoms with E-state index in [1.807, 2.05) is 5.32 Å². The number of amides is 3. The van der Waals surface area contributed by atoms with Crippen molar-refractivity contribution >= 4 is 17.8 Å². The maximum absolute atomic E-state index is 12.9. The van der Waals surface area contributed by atoms with E-state index in [0.29, 0.717) is 5.76 Å². The molecule has 0 aliphatic heterocycles. The fourth-order valence-corrected chi connectivity index (χ4v) is 1.65. The lowest BCUT2D eigenvalue weighted by atomic mass is 10.2. The molecule has 1 aromatic carbocycles. The van der Waals surface area contributed by atoms with Crippen LogP contribution in [0.1, 0.15) is 16.1 Å². The summed E-state index contributed by atoms with van der Waals surface area (Å²) >= 11 is 0. The number of aromatic nitrogens is 1. The van der Waals surface area contributed by atoms with Crippen molar-refractivity contribution < 1.29 is 36.4 Å². The molecule has 2 N–H and O–H groups in total. The van der Waals surface area contributed by atoms with Gasteiger partial charge in [-0.1, -0.05) is 11.2 Å². The van der Waals surface area contributed by atoms with Crippen molar-refractivity contribution in [2.75, 3.05) is 5.32 Å². The van der Waals surface area contributed by atoms with E-state index in [4.69, 9.17) is 4.52 Å². The van der Waals surface area contributed by atoms with Crippen LogP contribution < -0.4 is 15.4 Å². The molecule has 0 aliphatic carbocycles. The molecule has 0 bridgehead atoms. The minimum absolute atomic E-state index is 0.0523. The smallest absolute Gasteiger partial charge is 0.428 e. The van der Waals surface area contributed by atoms with Gasteiger partial charge in [-0.15, -0.1) is 0 Å². The number of nitrogens with zero attached hydrogens (tertiary/aromatic N) is 1. The Kier molecular flexibility index (Phi) is 5.25. The number of ether oxygens (including phenoxy) is 1. The van der Waals surface area contributed by atoms with Crippen molar-refractivity contribution in [2.24, 2.45) is 0 Å². The fraction of sp³-hybridized carbons (Fsp3) is 0.214. The van der Waals surface area contributed by atoms with E-state index >= 15 is 0 Å². The van der Waals surface area contributed by atoms with Gasteiger partial charge in [0.15, 0.2) is 5.82 Å². The Bertz CT molecular complexity index is 779. The van der Waals surface area contributed by atoms with E-state index in [2.05, 4.69) is 15.2 Å². The van der Waals surface area contributed by atoms with E-state index < -0.39 is 30.2 Å². The Hall–Kier alpha value is -3.11. The predicted octanol–water partition coefficient (Wildman–Crippen LogP) is 3.18. The molecule has 25 heavy (non-hydrogen) atoms. The first kappa shape index (κ1) is 18.2. The van der Waals surface area contributed by atoms with Crippen LogP contribution in [0.5, 0.6) is 5.75 Å². The van der Waals surface area contributed by atoms with E-state index in [-0.39, 0.29) is 11.4 Å². The van der Waals surface area contributed by atoms with Gasteiger partial charge >= 0.3 is 18.6 Å². The first-order valence-electron chi connectivity index (χ1n) is 6.68. The van der Waals surface area contributed by atoms with E-state index in [0.717, 1.165) is 18.2 Å².